The summed E-state index contributed by atoms with van der Waals surface area (Å²) in [6, 6.07) is 3.60. The van der Waals surface area contributed by atoms with E-state index in [1.165, 1.54) is 18.2 Å². The number of aliphatic hydroxyl groups excluding tert-OH is 1. The molecule has 18 heavy (non-hydrogen) atoms. The molecule has 0 radical (unpaired) electrons. The summed E-state index contributed by atoms with van der Waals surface area (Å²) in [7, 11) is -3.48. The summed E-state index contributed by atoms with van der Waals surface area (Å²) < 4.78 is 22.9. The van der Waals surface area contributed by atoms with Gasteiger partial charge in [-0.2, -0.15) is 0 Å². The maximum atomic E-state index is 11.7. The summed E-state index contributed by atoms with van der Waals surface area (Å²) in [6.07, 6.45) is 1.02. The van der Waals surface area contributed by atoms with E-state index in [2.05, 4.69) is 5.32 Å². The molecule has 1 rings (SSSR count). The molecule has 0 saturated carbocycles. The summed E-state index contributed by atoms with van der Waals surface area (Å²) in [6.45, 7) is 1.43. The molecule has 1 aromatic carbocycles. The topological polar surface area (TPSA) is 83.5 Å². The number of amides is 1. The van der Waals surface area contributed by atoms with Gasteiger partial charge in [-0.1, -0.05) is 11.6 Å². The lowest BCUT2D eigenvalue weighted by molar-refractivity contribution is 0.0922. The van der Waals surface area contributed by atoms with Crippen LogP contribution in [0.1, 0.15) is 17.3 Å². The van der Waals surface area contributed by atoms with E-state index in [4.69, 9.17) is 16.7 Å². The molecule has 1 amide bonds. The van der Waals surface area contributed by atoms with Crippen LogP contribution in [-0.2, 0) is 9.84 Å². The summed E-state index contributed by atoms with van der Waals surface area (Å²) in [5, 5.41) is 11.4. The molecule has 0 aliphatic carbocycles. The minimum atomic E-state index is -3.48. The Morgan fingerprint density at radius 3 is 2.61 bits per heavy atom. The smallest absolute Gasteiger partial charge is 0.251 e. The molecule has 7 heteroatoms. The van der Waals surface area contributed by atoms with Gasteiger partial charge in [0.15, 0.2) is 9.84 Å². The van der Waals surface area contributed by atoms with Crippen LogP contribution >= 0.6 is 11.6 Å². The standard InChI is InChI=1S/C11H14ClNO4S/c1-7(6-14)13-11(15)8-3-4-9(12)10(5-8)18(2,16)17/h3-5,7,14H,6H2,1-2H3,(H,13,15). The first-order valence-electron chi connectivity index (χ1n) is 5.17. The Morgan fingerprint density at radius 1 is 1.50 bits per heavy atom. The first-order chi connectivity index (χ1) is 8.25. The number of hydrogen-bond acceptors (Lipinski definition) is 4. The molecule has 0 aliphatic rings. The Bertz CT molecular complexity index is 556. The number of halogens is 1. The van der Waals surface area contributed by atoms with Crippen molar-refractivity contribution in [3.8, 4) is 0 Å². The predicted molar refractivity (Wildman–Crippen MR) is 68.6 cm³/mol. The molecule has 1 unspecified atom stereocenters. The van der Waals surface area contributed by atoms with Crippen LogP contribution in [0.3, 0.4) is 0 Å². The van der Waals surface area contributed by atoms with Gasteiger partial charge in [0, 0.05) is 17.9 Å². The number of benzene rings is 1. The number of rotatable bonds is 4. The average molecular weight is 292 g/mol. The molecule has 2 N–H and O–H groups in total. The quantitative estimate of drug-likeness (QED) is 0.861. The van der Waals surface area contributed by atoms with E-state index < -0.39 is 21.8 Å². The van der Waals surface area contributed by atoms with Gasteiger partial charge in [0.1, 0.15) is 0 Å². The third kappa shape index (κ3) is 3.69. The van der Waals surface area contributed by atoms with Crippen molar-refractivity contribution in [2.45, 2.75) is 17.9 Å². The Hall–Kier alpha value is -1.11. The Morgan fingerprint density at radius 2 is 2.11 bits per heavy atom. The molecule has 0 aliphatic heterocycles. The molecule has 1 aromatic rings. The van der Waals surface area contributed by atoms with Crippen molar-refractivity contribution >= 4 is 27.3 Å². The SMILES string of the molecule is CC(CO)NC(=O)c1ccc(Cl)c(S(C)(=O)=O)c1. The van der Waals surface area contributed by atoms with Crippen LogP contribution in [0.2, 0.25) is 5.02 Å². The maximum Gasteiger partial charge on any atom is 0.251 e. The fourth-order valence-electron chi connectivity index (χ4n) is 1.28. The lowest BCUT2D eigenvalue weighted by Crippen LogP contribution is -2.35. The van der Waals surface area contributed by atoms with Gasteiger partial charge in [-0.25, -0.2) is 8.42 Å². The third-order valence-electron chi connectivity index (χ3n) is 2.24. The zero-order valence-electron chi connectivity index (χ0n) is 9.97. The highest BCUT2D eigenvalue weighted by Crippen LogP contribution is 2.22. The number of nitrogens with one attached hydrogen (secondary N) is 1. The first-order valence-corrected chi connectivity index (χ1v) is 7.44. The molecular weight excluding hydrogens is 278 g/mol. The fourth-order valence-corrected chi connectivity index (χ4v) is 2.58. The highest BCUT2D eigenvalue weighted by Gasteiger charge is 2.16. The van der Waals surface area contributed by atoms with Crippen molar-refractivity contribution in [3.05, 3.63) is 28.8 Å². The summed E-state index contributed by atoms with van der Waals surface area (Å²) in [5.74, 6) is -0.460. The molecule has 0 bridgehead atoms. The minimum Gasteiger partial charge on any atom is -0.394 e. The largest absolute Gasteiger partial charge is 0.394 e. The first kappa shape index (κ1) is 14.9. The van der Waals surface area contributed by atoms with Gasteiger partial charge in [0.25, 0.3) is 5.91 Å². The number of aliphatic hydroxyl groups is 1. The van der Waals surface area contributed by atoms with E-state index in [1.54, 1.807) is 6.92 Å². The molecule has 100 valence electrons. The molecule has 0 saturated heterocycles. The van der Waals surface area contributed by atoms with Crippen molar-refractivity contribution < 1.29 is 18.3 Å². The van der Waals surface area contributed by atoms with Crippen molar-refractivity contribution in [2.24, 2.45) is 0 Å². The maximum absolute atomic E-state index is 11.7. The van der Waals surface area contributed by atoms with Crippen molar-refractivity contribution in [3.63, 3.8) is 0 Å². The average Bonchev–Trinajstić information content (AvgIpc) is 2.27. The summed E-state index contributed by atoms with van der Waals surface area (Å²) >= 11 is 5.77. The molecule has 0 spiro atoms. The van der Waals surface area contributed by atoms with Crippen LogP contribution < -0.4 is 5.32 Å². The van der Waals surface area contributed by atoms with Crippen LogP contribution in [0.4, 0.5) is 0 Å². The second-order valence-corrected chi connectivity index (χ2v) is 6.37. The normalized spacial score (nSPS) is 13.1. The lowest BCUT2D eigenvalue weighted by Gasteiger charge is -2.11. The Balaban J connectivity index is 3.10. The zero-order valence-corrected chi connectivity index (χ0v) is 11.5. The van der Waals surface area contributed by atoms with Crippen LogP contribution in [0.15, 0.2) is 23.1 Å². The lowest BCUT2D eigenvalue weighted by atomic mass is 10.2. The van der Waals surface area contributed by atoms with Gasteiger partial charge >= 0.3 is 0 Å². The highest BCUT2D eigenvalue weighted by molar-refractivity contribution is 7.90. The predicted octanol–water partition coefficient (Wildman–Crippen LogP) is 0.854. The molecule has 1 atom stereocenters. The number of carbonyl (C=O) groups is 1. The minimum absolute atomic E-state index is 0.0734. The van der Waals surface area contributed by atoms with Crippen molar-refractivity contribution in [2.75, 3.05) is 12.9 Å². The van der Waals surface area contributed by atoms with Gasteiger partial charge in [-0.05, 0) is 25.1 Å². The highest BCUT2D eigenvalue weighted by atomic mass is 35.5. The van der Waals surface area contributed by atoms with Gasteiger partial charge < -0.3 is 10.4 Å². The second kappa shape index (κ2) is 5.69. The van der Waals surface area contributed by atoms with Crippen LogP contribution in [-0.4, -0.2) is 38.3 Å². The van der Waals surface area contributed by atoms with E-state index in [0.717, 1.165) is 6.26 Å². The Labute approximate surface area is 111 Å². The van der Waals surface area contributed by atoms with E-state index in [-0.39, 0.29) is 22.1 Å². The Kier molecular flexibility index (Phi) is 4.72. The van der Waals surface area contributed by atoms with Crippen LogP contribution in [0.25, 0.3) is 0 Å². The molecule has 0 aromatic heterocycles. The van der Waals surface area contributed by atoms with Crippen molar-refractivity contribution in [1.82, 2.24) is 5.32 Å². The molecular formula is C11H14ClNO4S. The van der Waals surface area contributed by atoms with Crippen LogP contribution in [0, 0.1) is 0 Å². The van der Waals surface area contributed by atoms with E-state index in [9.17, 15) is 13.2 Å². The van der Waals surface area contributed by atoms with Crippen molar-refractivity contribution in [1.29, 1.82) is 0 Å². The van der Waals surface area contributed by atoms with Gasteiger partial charge in [0.2, 0.25) is 0 Å². The van der Waals surface area contributed by atoms with E-state index in [1.807, 2.05) is 0 Å². The number of carbonyl (C=O) groups excluding carboxylic acids is 1. The zero-order chi connectivity index (χ0) is 13.9. The fraction of sp³-hybridized carbons (Fsp3) is 0.364. The summed E-state index contributed by atoms with van der Waals surface area (Å²) in [5.41, 5.74) is 0.181. The number of hydrogen-bond donors (Lipinski definition) is 2. The van der Waals surface area contributed by atoms with Gasteiger partial charge in [-0.15, -0.1) is 0 Å². The molecule has 0 heterocycles. The molecule has 5 nitrogen and oxygen atoms in total. The second-order valence-electron chi connectivity index (χ2n) is 3.97. The summed E-state index contributed by atoms with van der Waals surface area (Å²) in [4.78, 5) is 11.7. The van der Waals surface area contributed by atoms with E-state index in [0.29, 0.717) is 0 Å². The van der Waals surface area contributed by atoms with Crippen LogP contribution in [0.5, 0.6) is 0 Å². The van der Waals surface area contributed by atoms with Gasteiger partial charge in [-0.3, -0.25) is 4.79 Å². The number of sulfone groups is 1. The third-order valence-corrected chi connectivity index (χ3v) is 3.82. The van der Waals surface area contributed by atoms with E-state index >= 15 is 0 Å². The monoisotopic (exact) mass is 291 g/mol. The molecule has 0 fully saturated rings. The van der Waals surface area contributed by atoms with Gasteiger partial charge in [0.05, 0.1) is 16.5 Å².